The second kappa shape index (κ2) is 15.6. The molecule has 1 saturated heterocycles. The third kappa shape index (κ3) is 11.0. The number of nitrogens with zero attached hydrogens (tertiary/aromatic N) is 4. The third-order valence-electron chi connectivity index (χ3n) is 6.34. The van der Waals surface area contributed by atoms with Crippen LogP contribution in [0.15, 0.2) is 71.3 Å². The number of hydrogen-bond acceptors (Lipinski definition) is 9. The van der Waals surface area contributed by atoms with E-state index in [-0.39, 0.29) is 17.4 Å². The molecule has 1 aromatic heterocycles. The van der Waals surface area contributed by atoms with Crippen molar-refractivity contribution < 1.29 is 34.0 Å². The van der Waals surface area contributed by atoms with Crippen LogP contribution in [0.5, 0.6) is 0 Å². The van der Waals surface area contributed by atoms with Crippen molar-refractivity contribution in [1.29, 1.82) is 0 Å². The number of nitro groups is 1. The number of aromatic nitrogens is 2. The van der Waals surface area contributed by atoms with Gasteiger partial charge < -0.3 is 20.1 Å². The Morgan fingerprint density at radius 1 is 1.00 bits per heavy atom. The lowest BCUT2D eigenvalue weighted by Crippen LogP contribution is -2.35. The summed E-state index contributed by atoms with van der Waals surface area (Å²) in [5.74, 6) is -1.97. The van der Waals surface area contributed by atoms with E-state index in [1.165, 1.54) is 17.7 Å². The Morgan fingerprint density at radius 2 is 1.63 bits per heavy atom. The highest BCUT2D eigenvalue weighted by Gasteiger charge is 2.20. The minimum atomic E-state index is -1.26. The van der Waals surface area contributed by atoms with Crippen LogP contribution in [-0.4, -0.2) is 67.7 Å². The van der Waals surface area contributed by atoms with Gasteiger partial charge in [-0.05, 0) is 49.4 Å². The van der Waals surface area contributed by atoms with E-state index in [9.17, 15) is 24.5 Å². The fourth-order valence-electron chi connectivity index (χ4n) is 4.22. The van der Waals surface area contributed by atoms with Gasteiger partial charge in [0.1, 0.15) is 0 Å². The zero-order chi connectivity index (χ0) is 29.6. The Kier molecular flexibility index (Phi) is 11.7. The molecule has 216 valence electrons. The van der Waals surface area contributed by atoms with Gasteiger partial charge in [-0.1, -0.05) is 47.6 Å². The normalized spacial score (nSPS) is 13.8. The van der Waals surface area contributed by atoms with Crippen molar-refractivity contribution >= 4 is 23.5 Å². The van der Waals surface area contributed by atoms with Gasteiger partial charge in [0.2, 0.25) is 5.89 Å². The number of hydrogen-bond donors (Lipinski definition) is 3. The molecule has 13 nitrogen and oxygen atoms in total. The van der Waals surface area contributed by atoms with Crippen LogP contribution in [0.4, 0.5) is 5.69 Å². The molecule has 1 aliphatic heterocycles. The van der Waals surface area contributed by atoms with Crippen LogP contribution in [0.1, 0.15) is 46.9 Å². The molecule has 1 aliphatic rings. The number of carbonyl (C=O) groups excluding carboxylic acids is 1. The minimum absolute atomic E-state index is 0.00425. The lowest BCUT2D eigenvalue weighted by atomic mass is 9.93. The number of piperidine rings is 1. The van der Waals surface area contributed by atoms with Gasteiger partial charge in [-0.3, -0.25) is 19.8 Å². The van der Waals surface area contributed by atoms with Crippen LogP contribution in [0, 0.1) is 16.0 Å². The predicted molar refractivity (Wildman–Crippen MR) is 146 cm³/mol. The summed E-state index contributed by atoms with van der Waals surface area (Å²) in [7, 11) is 0. The first-order valence-electron chi connectivity index (χ1n) is 12.9. The Bertz CT molecular complexity index is 1320. The number of non-ortho nitro benzene ring substituents is 1. The summed E-state index contributed by atoms with van der Waals surface area (Å²) >= 11 is 0. The molecule has 3 aromatic rings. The summed E-state index contributed by atoms with van der Waals surface area (Å²) < 4.78 is 5.16. The van der Waals surface area contributed by atoms with E-state index < -0.39 is 16.9 Å². The summed E-state index contributed by atoms with van der Waals surface area (Å²) in [6.45, 7) is 3.72. The fraction of sp³-hybridized carbons (Fsp3) is 0.321. The van der Waals surface area contributed by atoms with Gasteiger partial charge in [0.15, 0.2) is 0 Å². The zero-order valence-corrected chi connectivity index (χ0v) is 22.2. The average molecular weight is 566 g/mol. The number of carboxylic acid groups (broad SMARTS) is 2. The van der Waals surface area contributed by atoms with Gasteiger partial charge >= 0.3 is 11.9 Å². The van der Waals surface area contributed by atoms with E-state index in [1.54, 1.807) is 12.1 Å². The molecule has 41 heavy (non-hydrogen) atoms. The third-order valence-corrected chi connectivity index (χ3v) is 6.34. The molecule has 0 spiro atoms. The molecule has 1 fully saturated rings. The number of aliphatic carboxylic acids is 2. The minimum Gasteiger partial charge on any atom is -0.478 e. The van der Waals surface area contributed by atoms with E-state index in [1.807, 2.05) is 6.07 Å². The molecule has 0 aliphatic carbocycles. The van der Waals surface area contributed by atoms with Crippen molar-refractivity contribution in [2.24, 2.45) is 5.92 Å². The molecule has 13 heteroatoms. The summed E-state index contributed by atoms with van der Waals surface area (Å²) in [5, 5.41) is 33.0. The van der Waals surface area contributed by atoms with E-state index >= 15 is 0 Å². The number of nitrogens with one attached hydrogen (secondary N) is 1. The van der Waals surface area contributed by atoms with Crippen molar-refractivity contribution in [3.8, 4) is 0 Å². The van der Waals surface area contributed by atoms with E-state index in [0.29, 0.717) is 36.9 Å². The highest BCUT2D eigenvalue weighted by Crippen LogP contribution is 2.21. The Labute approximate surface area is 235 Å². The maximum Gasteiger partial charge on any atom is 0.328 e. The van der Waals surface area contributed by atoms with Crippen LogP contribution in [0.25, 0.3) is 0 Å². The van der Waals surface area contributed by atoms with Crippen LogP contribution in [0.2, 0.25) is 0 Å². The van der Waals surface area contributed by atoms with Crippen LogP contribution in [0.3, 0.4) is 0 Å². The Morgan fingerprint density at radius 3 is 2.22 bits per heavy atom. The molecule has 0 saturated carbocycles. The number of nitro benzene ring substituents is 1. The smallest absolute Gasteiger partial charge is 0.328 e. The van der Waals surface area contributed by atoms with E-state index in [4.69, 9.17) is 14.7 Å². The number of benzene rings is 2. The first kappa shape index (κ1) is 30.6. The first-order valence-corrected chi connectivity index (χ1v) is 12.9. The zero-order valence-electron chi connectivity index (χ0n) is 22.2. The SMILES string of the molecule is O=C(NCCC1CCN(Cc2ccccc2)CC1)c1noc(Cc2ccc([N+](=O)[O-])cc2)n1.O=C(O)C=CC(=O)O. The molecule has 0 unspecified atom stereocenters. The van der Waals surface area contributed by atoms with Crippen molar-refractivity contribution in [2.75, 3.05) is 19.6 Å². The number of rotatable bonds is 11. The molecule has 0 bridgehead atoms. The Balaban J connectivity index is 0.000000507. The summed E-state index contributed by atoms with van der Waals surface area (Å²) in [4.78, 5) is 48.4. The second-order valence-electron chi connectivity index (χ2n) is 9.37. The molecular weight excluding hydrogens is 534 g/mol. The lowest BCUT2D eigenvalue weighted by Gasteiger charge is -2.32. The fourth-order valence-corrected chi connectivity index (χ4v) is 4.22. The lowest BCUT2D eigenvalue weighted by molar-refractivity contribution is -0.384. The highest BCUT2D eigenvalue weighted by atomic mass is 16.6. The van der Waals surface area contributed by atoms with Crippen LogP contribution < -0.4 is 5.32 Å². The first-order chi connectivity index (χ1) is 19.7. The molecule has 1 amide bonds. The van der Waals surface area contributed by atoms with Crippen molar-refractivity contribution in [3.05, 3.63) is 99.7 Å². The van der Waals surface area contributed by atoms with E-state index in [0.717, 1.165) is 44.5 Å². The molecule has 0 atom stereocenters. The molecular formula is C28H31N5O8. The van der Waals surface area contributed by atoms with Crippen LogP contribution >= 0.6 is 0 Å². The van der Waals surface area contributed by atoms with Crippen molar-refractivity contribution in [2.45, 2.75) is 32.2 Å². The number of likely N-dealkylation sites (tertiary alicyclic amines) is 1. The molecule has 0 radical (unpaired) electrons. The molecule has 2 heterocycles. The number of carbonyl (C=O) groups is 3. The largest absolute Gasteiger partial charge is 0.478 e. The maximum atomic E-state index is 12.3. The highest BCUT2D eigenvalue weighted by molar-refractivity contribution is 5.90. The van der Waals surface area contributed by atoms with Gasteiger partial charge in [0.25, 0.3) is 17.4 Å². The van der Waals surface area contributed by atoms with Gasteiger partial charge in [0.05, 0.1) is 11.3 Å². The van der Waals surface area contributed by atoms with Gasteiger partial charge in [0, 0.05) is 37.4 Å². The number of amides is 1. The van der Waals surface area contributed by atoms with Crippen LogP contribution in [-0.2, 0) is 22.6 Å². The second-order valence-corrected chi connectivity index (χ2v) is 9.37. The topological polar surface area (TPSA) is 189 Å². The Hall–Kier alpha value is -4.91. The average Bonchev–Trinajstić information content (AvgIpc) is 3.43. The standard InChI is InChI=1S/C24H27N5O4.C4H4O4/c30-24(23-26-22(33-27-23)16-19-6-8-21(9-7-19)29(31)32)25-13-10-18-11-14-28(15-12-18)17-20-4-2-1-3-5-20;5-3(6)1-2-4(7)8/h1-9,18H,10-17H2,(H,25,30);1-2H,(H,5,6)(H,7,8). The molecule has 2 aromatic carbocycles. The maximum absolute atomic E-state index is 12.3. The van der Waals surface area contributed by atoms with Gasteiger partial charge in [-0.25, -0.2) is 9.59 Å². The summed E-state index contributed by atoms with van der Waals surface area (Å²) in [6.07, 6.45) is 4.61. The monoisotopic (exact) mass is 565 g/mol. The summed E-state index contributed by atoms with van der Waals surface area (Å²) in [6, 6.07) is 16.6. The van der Waals surface area contributed by atoms with E-state index in [2.05, 4.69) is 44.6 Å². The molecule has 3 N–H and O–H groups in total. The number of carboxylic acids is 2. The quantitative estimate of drug-likeness (QED) is 0.176. The van der Waals surface area contributed by atoms with Gasteiger partial charge in [-0.15, -0.1) is 0 Å². The van der Waals surface area contributed by atoms with Crippen molar-refractivity contribution in [1.82, 2.24) is 20.4 Å². The van der Waals surface area contributed by atoms with Gasteiger partial charge in [-0.2, -0.15) is 4.98 Å². The van der Waals surface area contributed by atoms with Crippen molar-refractivity contribution in [3.63, 3.8) is 0 Å². The summed E-state index contributed by atoms with van der Waals surface area (Å²) in [5.41, 5.74) is 2.15. The predicted octanol–water partition coefficient (Wildman–Crippen LogP) is 3.31. The molecule has 4 rings (SSSR count).